The van der Waals surface area contributed by atoms with Gasteiger partial charge in [0, 0.05) is 10.2 Å². The highest BCUT2D eigenvalue weighted by atomic mass is 79.9. The lowest BCUT2D eigenvalue weighted by Gasteiger charge is -2.10. The Morgan fingerprint density at radius 2 is 1.83 bits per heavy atom. The van der Waals surface area contributed by atoms with Gasteiger partial charge in [0.25, 0.3) is 0 Å². The number of nitrogens with two attached hydrogens (primary N) is 2. The van der Waals surface area contributed by atoms with Crippen LogP contribution in [0.25, 0.3) is 0 Å². The predicted molar refractivity (Wildman–Crippen MR) is 77.4 cm³/mol. The molecule has 0 saturated heterocycles. The van der Waals surface area contributed by atoms with Gasteiger partial charge in [-0.1, -0.05) is 15.9 Å². The summed E-state index contributed by atoms with van der Waals surface area (Å²) in [6.45, 7) is 0. The molecule has 0 fully saturated rings. The van der Waals surface area contributed by atoms with Crippen molar-refractivity contribution in [2.24, 2.45) is 0 Å². The molecule has 0 amide bonds. The number of rotatable bonds is 2. The lowest BCUT2D eigenvalue weighted by molar-refractivity contribution is 1.45. The summed E-state index contributed by atoms with van der Waals surface area (Å²) in [4.78, 5) is 0. The van der Waals surface area contributed by atoms with E-state index in [1.54, 1.807) is 18.2 Å². The Bertz CT molecular complexity index is 631. The van der Waals surface area contributed by atoms with Gasteiger partial charge in [-0.25, -0.2) is 0 Å². The molecule has 90 valence electrons. The van der Waals surface area contributed by atoms with Crippen molar-refractivity contribution < 1.29 is 0 Å². The normalized spacial score (nSPS) is 9.78. The van der Waals surface area contributed by atoms with Gasteiger partial charge in [0.1, 0.15) is 6.07 Å². The number of anilines is 4. The van der Waals surface area contributed by atoms with Crippen LogP contribution in [0, 0.1) is 11.3 Å². The first-order valence-corrected chi connectivity index (χ1v) is 6.01. The van der Waals surface area contributed by atoms with Crippen LogP contribution in [-0.4, -0.2) is 0 Å². The average Bonchev–Trinajstić information content (AvgIpc) is 2.34. The van der Waals surface area contributed by atoms with Crippen LogP contribution >= 0.6 is 15.9 Å². The molecule has 0 aromatic heterocycles. The van der Waals surface area contributed by atoms with E-state index in [9.17, 15) is 0 Å². The minimum absolute atomic E-state index is 0.508. The van der Waals surface area contributed by atoms with Crippen molar-refractivity contribution in [3.63, 3.8) is 0 Å². The van der Waals surface area contributed by atoms with Crippen LogP contribution in [0.5, 0.6) is 0 Å². The fraction of sp³-hybridized carbons (Fsp3) is 0. The van der Waals surface area contributed by atoms with E-state index in [2.05, 4.69) is 27.3 Å². The number of nitrogens with zero attached hydrogens (tertiary/aromatic N) is 1. The highest BCUT2D eigenvalue weighted by molar-refractivity contribution is 9.10. The lowest BCUT2D eigenvalue weighted by atomic mass is 10.2. The molecular formula is C13H11BrN4. The van der Waals surface area contributed by atoms with Crippen molar-refractivity contribution in [2.45, 2.75) is 0 Å². The molecule has 5 N–H and O–H groups in total. The van der Waals surface area contributed by atoms with E-state index in [0.29, 0.717) is 16.9 Å². The smallest absolute Gasteiger partial charge is 0.101 e. The average molecular weight is 303 g/mol. The van der Waals surface area contributed by atoms with Crippen LogP contribution in [-0.2, 0) is 0 Å². The molecule has 0 saturated carbocycles. The summed E-state index contributed by atoms with van der Waals surface area (Å²) in [5, 5.41) is 12.2. The van der Waals surface area contributed by atoms with Gasteiger partial charge < -0.3 is 16.8 Å². The molecule has 2 aromatic rings. The molecule has 0 bridgehead atoms. The largest absolute Gasteiger partial charge is 0.397 e. The van der Waals surface area contributed by atoms with E-state index >= 15 is 0 Å². The zero-order valence-electron chi connectivity index (χ0n) is 9.44. The van der Waals surface area contributed by atoms with Gasteiger partial charge in [0.2, 0.25) is 0 Å². The van der Waals surface area contributed by atoms with Gasteiger partial charge in [0.05, 0.1) is 22.6 Å². The van der Waals surface area contributed by atoms with Crippen molar-refractivity contribution in [2.75, 3.05) is 16.8 Å². The van der Waals surface area contributed by atoms with E-state index in [4.69, 9.17) is 16.7 Å². The fourth-order valence-electron chi connectivity index (χ4n) is 1.53. The Balaban J connectivity index is 2.36. The van der Waals surface area contributed by atoms with Crippen LogP contribution in [0.1, 0.15) is 5.56 Å². The second-order valence-electron chi connectivity index (χ2n) is 3.77. The van der Waals surface area contributed by atoms with E-state index in [0.717, 1.165) is 15.8 Å². The quantitative estimate of drug-likeness (QED) is 0.743. The standard InChI is InChI=1S/C13H11BrN4/c14-9-2-1-8(7-15)13(5-9)18-10-3-4-11(16)12(17)6-10/h1-6,18H,16-17H2. The second-order valence-corrected chi connectivity index (χ2v) is 4.69. The minimum atomic E-state index is 0.508. The molecule has 0 aliphatic rings. The fourth-order valence-corrected chi connectivity index (χ4v) is 1.89. The second kappa shape index (κ2) is 4.98. The van der Waals surface area contributed by atoms with Crippen LogP contribution < -0.4 is 16.8 Å². The third-order valence-corrected chi connectivity index (χ3v) is 2.96. The molecule has 18 heavy (non-hydrogen) atoms. The molecule has 0 radical (unpaired) electrons. The van der Waals surface area contributed by atoms with Crippen molar-refractivity contribution >= 4 is 38.7 Å². The molecule has 2 rings (SSSR count). The number of hydrogen-bond acceptors (Lipinski definition) is 4. The molecule has 4 nitrogen and oxygen atoms in total. The summed E-state index contributed by atoms with van der Waals surface area (Å²) in [5.41, 5.74) is 14.5. The number of hydrogen-bond donors (Lipinski definition) is 3. The molecule has 0 aliphatic heterocycles. The number of nitriles is 1. The predicted octanol–water partition coefficient (Wildman–Crippen LogP) is 3.23. The zero-order valence-corrected chi connectivity index (χ0v) is 11.0. The summed E-state index contributed by atoms with van der Waals surface area (Å²) in [6, 6.07) is 12.8. The molecule has 0 unspecified atom stereocenters. The summed E-state index contributed by atoms with van der Waals surface area (Å²) >= 11 is 3.37. The number of benzene rings is 2. The molecule has 0 heterocycles. The summed E-state index contributed by atoms with van der Waals surface area (Å²) in [6.07, 6.45) is 0. The van der Waals surface area contributed by atoms with E-state index in [1.165, 1.54) is 0 Å². The minimum Gasteiger partial charge on any atom is -0.397 e. The number of halogens is 1. The number of nitrogens with one attached hydrogen (secondary N) is 1. The monoisotopic (exact) mass is 302 g/mol. The van der Waals surface area contributed by atoms with Crippen molar-refractivity contribution in [1.82, 2.24) is 0 Å². The molecule has 0 spiro atoms. The zero-order chi connectivity index (χ0) is 13.1. The van der Waals surface area contributed by atoms with Crippen LogP contribution in [0.2, 0.25) is 0 Å². The van der Waals surface area contributed by atoms with Gasteiger partial charge >= 0.3 is 0 Å². The van der Waals surface area contributed by atoms with Crippen LogP contribution in [0.15, 0.2) is 40.9 Å². The summed E-state index contributed by atoms with van der Waals surface area (Å²) < 4.78 is 0.896. The first-order valence-electron chi connectivity index (χ1n) is 5.22. The van der Waals surface area contributed by atoms with Gasteiger partial charge in [-0.05, 0) is 36.4 Å². The molecule has 0 atom stereocenters. The maximum Gasteiger partial charge on any atom is 0.101 e. The Kier molecular flexibility index (Phi) is 3.40. The van der Waals surface area contributed by atoms with Gasteiger partial charge in [0.15, 0.2) is 0 Å². The first kappa shape index (κ1) is 12.3. The number of nitrogen functional groups attached to an aromatic ring is 2. The Hall–Kier alpha value is -2.19. The van der Waals surface area contributed by atoms with Crippen molar-refractivity contribution in [3.05, 3.63) is 46.4 Å². The summed E-state index contributed by atoms with van der Waals surface area (Å²) in [5.74, 6) is 0. The molecular weight excluding hydrogens is 292 g/mol. The van der Waals surface area contributed by atoms with Crippen LogP contribution in [0.4, 0.5) is 22.7 Å². The Labute approximate surface area is 113 Å². The SMILES string of the molecule is N#Cc1ccc(Br)cc1Nc1ccc(N)c(N)c1. The van der Waals surface area contributed by atoms with E-state index < -0.39 is 0 Å². The maximum absolute atomic E-state index is 9.04. The highest BCUT2D eigenvalue weighted by Gasteiger charge is 2.04. The third-order valence-electron chi connectivity index (χ3n) is 2.47. The Morgan fingerprint density at radius 3 is 2.50 bits per heavy atom. The molecule has 5 heteroatoms. The first-order chi connectivity index (χ1) is 8.60. The van der Waals surface area contributed by atoms with Gasteiger partial charge in [-0.15, -0.1) is 0 Å². The van der Waals surface area contributed by atoms with E-state index in [-0.39, 0.29) is 0 Å². The highest BCUT2D eigenvalue weighted by Crippen LogP contribution is 2.27. The third kappa shape index (κ3) is 2.55. The van der Waals surface area contributed by atoms with Crippen molar-refractivity contribution in [1.29, 1.82) is 5.26 Å². The lowest BCUT2D eigenvalue weighted by Crippen LogP contribution is -1.98. The van der Waals surface area contributed by atoms with Crippen molar-refractivity contribution in [3.8, 4) is 6.07 Å². The molecule has 0 aliphatic carbocycles. The van der Waals surface area contributed by atoms with Gasteiger partial charge in [-0.2, -0.15) is 5.26 Å². The maximum atomic E-state index is 9.04. The Morgan fingerprint density at radius 1 is 1.06 bits per heavy atom. The van der Waals surface area contributed by atoms with E-state index in [1.807, 2.05) is 18.2 Å². The van der Waals surface area contributed by atoms with Crippen LogP contribution in [0.3, 0.4) is 0 Å². The topological polar surface area (TPSA) is 87.9 Å². The van der Waals surface area contributed by atoms with Gasteiger partial charge in [-0.3, -0.25) is 0 Å². The molecule has 2 aromatic carbocycles. The summed E-state index contributed by atoms with van der Waals surface area (Å²) in [7, 11) is 0.